The summed E-state index contributed by atoms with van der Waals surface area (Å²) in [5.41, 5.74) is 1.38. The SMILES string of the molecule is Cc1[nH]ncc1C(=O)Nc1cccc(OC(F)F)c1. The number of carbonyl (C=O) groups is 1. The Hall–Kier alpha value is -2.44. The summed E-state index contributed by atoms with van der Waals surface area (Å²) in [6.07, 6.45) is 1.39. The van der Waals surface area contributed by atoms with Crippen LogP contribution in [0.2, 0.25) is 0 Å². The zero-order valence-corrected chi connectivity index (χ0v) is 9.98. The second-order valence-electron chi connectivity index (χ2n) is 3.77. The molecule has 0 bridgehead atoms. The molecule has 100 valence electrons. The molecule has 1 aromatic heterocycles. The number of anilines is 1. The quantitative estimate of drug-likeness (QED) is 0.894. The van der Waals surface area contributed by atoms with Gasteiger partial charge in [-0.05, 0) is 19.1 Å². The number of aromatic nitrogens is 2. The Morgan fingerprint density at radius 2 is 2.26 bits per heavy atom. The van der Waals surface area contributed by atoms with Crippen LogP contribution in [-0.2, 0) is 0 Å². The molecule has 1 aromatic carbocycles. The molecule has 1 amide bonds. The van der Waals surface area contributed by atoms with E-state index in [1.165, 1.54) is 24.4 Å². The number of hydrogen-bond donors (Lipinski definition) is 2. The zero-order valence-electron chi connectivity index (χ0n) is 9.98. The van der Waals surface area contributed by atoms with E-state index in [4.69, 9.17) is 0 Å². The molecule has 5 nitrogen and oxygen atoms in total. The van der Waals surface area contributed by atoms with Crippen LogP contribution < -0.4 is 10.1 Å². The number of nitrogens with zero attached hydrogens (tertiary/aromatic N) is 1. The molecule has 0 aliphatic carbocycles. The fourth-order valence-electron chi connectivity index (χ4n) is 1.53. The fraction of sp³-hybridized carbons (Fsp3) is 0.167. The van der Waals surface area contributed by atoms with Crippen LogP contribution in [-0.4, -0.2) is 22.7 Å². The predicted octanol–water partition coefficient (Wildman–Crippen LogP) is 2.57. The van der Waals surface area contributed by atoms with E-state index in [9.17, 15) is 13.6 Å². The first kappa shape index (κ1) is 13.0. The maximum Gasteiger partial charge on any atom is 0.387 e. The molecule has 0 unspecified atom stereocenters. The van der Waals surface area contributed by atoms with Crippen LogP contribution in [0.25, 0.3) is 0 Å². The van der Waals surface area contributed by atoms with Crippen molar-refractivity contribution in [3.8, 4) is 5.75 Å². The number of H-pyrrole nitrogens is 1. The van der Waals surface area contributed by atoms with E-state index < -0.39 is 6.61 Å². The number of carbonyl (C=O) groups excluding carboxylic acids is 1. The van der Waals surface area contributed by atoms with Crippen LogP contribution in [0.5, 0.6) is 5.75 Å². The minimum Gasteiger partial charge on any atom is -0.435 e. The highest BCUT2D eigenvalue weighted by Gasteiger charge is 2.11. The second kappa shape index (κ2) is 5.47. The highest BCUT2D eigenvalue weighted by molar-refractivity contribution is 6.04. The molecule has 19 heavy (non-hydrogen) atoms. The average Bonchev–Trinajstić information content (AvgIpc) is 2.75. The van der Waals surface area contributed by atoms with Gasteiger partial charge in [-0.1, -0.05) is 6.07 Å². The van der Waals surface area contributed by atoms with Gasteiger partial charge in [-0.15, -0.1) is 0 Å². The van der Waals surface area contributed by atoms with Crippen molar-refractivity contribution in [3.63, 3.8) is 0 Å². The minimum atomic E-state index is -2.90. The lowest BCUT2D eigenvalue weighted by Crippen LogP contribution is -2.12. The number of rotatable bonds is 4. The number of alkyl halides is 2. The Morgan fingerprint density at radius 3 is 2.89 bits per heavy atom. The Balaban J connectivity index is 2.11. The third kappa shape index (κ3) is 3.27. The minimum absolute atomic E-state index is 0.0169. The van der Waals surface area contributed by atoms with Gasteiger partial charge in [0.1, 0.15) is 5.75 Å². The van der Waals surface area contributed by atoms with Gasteiger partial charge in [0.25, 0.3) is 5.91 Å². The van der Waals surface area contributed by atoms with Crippen molar-refractivity contribution in [2.45, 2.75) is 13.5 Å². The van der Waals surface area contributed by atoms with Gasteiger partial charge >= 0.3 is 6.61 Å². The monoisotopic (exact) mass is 267 g/mol. The number of ether oxygens (including phenoxy) is 1. The van der Waals surface area contributed by atoms with E-state index >= 15 is 0 Å². The number of aryl methyl sites for hydroxylation is 1. The van der Waals surface area contributed by atoms with Crippen molar-refractivity contribution in [1.82, 2.24) is 10.2 Å². The lowest BCUT2D eigenvalue weighted by molar-refractivity contribution is -0.0497. The number of benzene rings is 1. The van der Waals surface area contributed by atoms with E-state index in [0.717, 1.165) is 0 Å². The van der Waals surface area contributed by atoms with Gasteiger partial charge < -0.3 is 10.1 Å². The lowest BCUT2D eigenvalue weighted by atomic mass is 10.2. The molecular weight excluding hydrogens is 256 g/mol. The molecule has 0 atom stereocenters. The highest BCUT2D eigenvalue weighted by atomic mass is 19.3. The van der Waals surface area contributed by atoms with Crippen LogP contribution in [0, 0.1) is 6.92 Å². The van der Waals surface area contributed by atoms with Gasteiger partial charge in [0.05, 0.1) is 11.8 Å². The molecule has 7 heteroatoms. The van der Waals surface area contributed by atoms with Crippen molar-refractivity contribution in [2.75, 3.05) is 5.32 Å². The largest absolute Gasteiger partial charge is 0.435 e. The van der Waals surface area contributed by atoms with Gasteiger partial charge in [-0.3, -0.25) is 9.89 Å². The summed E-state index contributed by atoms with van der Waals surface area (Å²) < 4.78 is 28.4. The molecule has 0 aliphatic rings. The first-order chi connectivity index (χ1) is 9.06. The van der Waals surface area contributed by atoms with Crippen molar-refractivity contribution < 1.29 is 18.3 Å². The molecule has 0 radical (unpaired) electrons. The van der Waals surface area contributed by atoms with E-state index in [1.807, 2.05) is 0 Å². The molecule has 2 rings (SSSR count). The molecule has 0 saturated carbocycles. The first-order valence-electron chi connectivity index (χ1n) is 5.42. The van der Waals surface area contributed by atoms with Crippen LogP contribution >= 0.6 is 0 Å². The molecule has 2 N–H and O–H groups in total. The molecule has 0 spiro atoms. The summed E-state index contributed by atoms with van der Waals surface area (Å²) in [5.74, 6) is -0.392. The van der Waals surface area contributed by atoms with Crippen LogP contribution in [0.4, 0.5) is 14.5 Å². The van der Waals surface area contributed by atoms with Gasteiger partial charge in [-0.2, -0.15) is 13.9 Å². The standard InChI is InChI=1S/C12H11F2N3O2/c1-7-10(6-15-17-7)11(18)16-8-3-2-4-9(5-8)19-12(13)14/h2-6,12H,1H3,(H,15,17)(H,16,18). The Morgan fingerprint density at radius 1 is 1.47 bits per heavy atom. The molecule has 0 fully saturated rings. The third-order valence-corrected chi connectivity index (χ3v) is 2.39. The summed E-state index contributed by atoms with van der Waals surface area (Å²) >= 11 is 0. The van der Waals surface area contributed by atoms with E-state index in [-0.39, 0.29) is 11.7 Å². The van der Waals surface area contributed by atoms with E-state index in [1.54, 1.807) is 13.0 Å². The number of aromatic amines is 1. The summed E-state index contributed by atoms with van der Waals surface area (Å²) in [7, 11) is 0. The smallest absolute Gasteiger partial charge is 0.387 e. The van der Waals surface area contributed by atoms with Gasteiger partial charge in [0, 0.05) is 17.4 Å². The predicted molar refractivity (Wildman–Crippen MR) is 64.4 cm³/mol. The van der Waals surface area contributed by atoms with Crippen LogP contribution in [0.1, 0.15) is 16.1 Å². The molecule has 0 aliphatic heterocycles. The number of nitrogens with one attached hydrogen (secondary N) is 2. The third-order valence-electron chi connectivity index (χ3n) is 2.39. The molecular formula is C12H11F2N3O2. The van der Waals surface area contributed by atoms with E-state index in [2.05, 4.69) is 20.3 Å². The molecule has 0 saturated heterocycles. The average molecular weight is 267 g/mol. The maximum atomic E-state index is 12.1. The lowest BCUT2D eigenvalue weighted by Gasteiger charge is -2.08. The van der Waals surface area contributed by atoms with Gasteiger partial charge in [0.15, 0.2) is 0 Å². The summed E-state index contributed by atoms with van der Waals surface area (Å²) in [4.78, 5) is 11.9. The Labute approximate surface area is 107 Å². The van der Waals surface area contributed by atoms with Gasteiger partial charge in [0.2, 0.25) is 0 Å². The number of amides is 1. The Kier molecular flexibility index (Phi) is 3.74. The van der Waals surface area contributed by atoms with Crippen molar-refractivity contribution >= 4 is 11.6 Å². The summed E-state index contributed by atoms with van der Waals surface area (Å²) in [6, 6.07) is 5.78. The normalized spacial score (nSPS) is 10.5. The zero-order chi connectivity index (χ0) is 13.8. The van der Waals surface area contributed by atoms with Crippen molar-refractivity contribution in [1.29, 1.82) is 0 Å². The number of halogens is 2. The summed E-state index contributed by atoms with van der Waals surface area (Å²) in [6.45, 7) is -1.19. The molecule has 1 heterocycles. The van der Waals surface area contributed by atoms with Crippen molar-refractivity contribution in [2.24, 2.45) is 0 Å². The van der Waals surface area contributed by atoms with Gasteiger partial charge in [-0.25, -0.2) is 0 Å². The van der Waals surface area contributed by atoms with Crippen LogP contribution in [0.15, 0.2) is 30.5 Å². The number of hydrogen-bond acceptors (Lipinski definition) is 3. The van der Waals surface area contributed by atoms with Crippen molar-refractivity contribution in [3.05, 3.63) is 41.7 Å². The fourth-order valence-corrected chi connectivity index (χ4v) is 1.53. The molecule has 2 aromatic rings. The topological polar surface area (TPSA) is 67.0 Å². The second-order valence-corrected chi connectivity index (χ2v) is 3.77. The first-order valence-corrected chi connectivity index (χ1v) is 5.42. The maximum absolute atomic E-state index is 12.1. The van der Waals surface area contributed by atoms with Crippen LogP contribution in [0.3, 0.4) is 0 Å². The summed E-state index contributed by atoms with van der Waals surface area (Å²) in [5, 5.41) is 8.94. The highest BCUT2D eigenvalue weighted by Crippen LogP contribution is 2.20. The van der Waals surface area contributed by atoms with E-state index in [0.29, 0.717) is 16.9 Å². The Bertz CT molecular complexity index is 584.